The highest BCUT2D eigenvalue weighted by atomic mass is 32.1. The second-order valence-electron chi connectivity index (χ2n) is 6.83. The molecular weight excluding hydrogens is 364 g/mol. The second-order valence-corrected chi connectivity index (χ2v) is 7.69. The van der Waals surface area contributed by atoms with Gasteiger partial charge in [0.2, 0.25) is 0 Å². The van der Waals surface area contributed by atoms with Gasteiger partial charge in [0.25, 0.3) is 17.7 Å². The van der Waals surface area contributed by atoms with E-state index in [1.54, 1.807) is 12.1 Å². The smallest absolute Gasteiger partial charge is 0.261 e. The first kappa shape index (κ1) is 19.2. The van der Waals surface area contributed by atoms with Crippen molar-refractivity contribution in [3.05, 3.63) is 46.0 Å². The fourth-order valence-electron chi connectivity index (χ4n) is 2.91. The summed E-state index contributed by atoms with van der Waals surface area (Å²) in [7, 11) is 3.90. The molecule has 1 aromatic heterocycles. The molecule has 3 rings (SSSR count). The van der Waals surface area contributed by atoms with Crippen LogP contribution in [0, 0.1) is 0 Å². The molecule has 1 aliphatic rings. The van der Waals surface area contributed by atoms with Crippen LogP contribution in [-0.2, 0) is 6.54 Å². The van der Waals surface area contributed by atoms with E-state index in [-0.39, 0.29) is 29.3 Å². The first-order valence-electron chi connectivity index (χ1n) is 8.74. The van der Waals surface area contributed by atoms with Crippen molar-refractivity contribution in [2.75, 3.05) is 19.4 Å². The molecule has 0 saturated carbocycles. The van der Waals surface area contributed by atoms with Crippen LogP contribution in [0.1, 0.15) is 57.0 Å². The van der Waals surface area contributed by atoms with Gasteiger partial charge in [0.1, 0.15) is 0 Å². The summed E-state index contributed by atoms with van der Waals surface area (Å²) in [5.41, 5.74) is 1.82. The molecule has 2 aromatic rings. The average molecular weight is 386 g/mol. The van der Waals surface area contributed by atoms with Crippen LogP contribution in [0.25, 0.3) is 0 Å². The zero-order chi connectivity index (χ0) is 19.7. The van der Waals surface area contributed by atoms with E-state index in [0.29, 0.717) is 29.2 Å². The van der Waals surface area contributed by atoms with Gasteiger partial charge in [-0.2, -0.15) is 0 Å². The lowest BCUT2D eigenvalue weighted by atomic mass is 10.1. The Hall–Kier alpha value is -2.58. The Morgan fingerprint density at radius 2 is 1.96 bits per heavy atom. The van der Waals surface area contributed by atoms with E-state index in [2.05, 4.69) is 10.3 Å². The maximum absolute atomic E-state index is 12.6. The van der Waals surface area contributed by atoms with Gasteiger partial charge in [-0.25, -0.2) is 4.98 Å². The molecule has 0 aliphatic carbocycles. The fraction of sp³-hybridized carbons (Fsp3) is 0.368. The second kappa shape index (κ2) is 7.58. The summed E-state index contributed by atoms with van der Waals surface area (Å²) in [5.74, 6) is -1.00. The zero-order valence-electron chi connectivity index (χ0n) is 15.8. The Kier molecular flexibility index (Phi) is 5.38. The topological polar surface area (TPSA) is 82.6 Å². The Labute approximate surface area is 162 Å². The van der Waals surface area contributed by atoms with Crippen molar-refractivity contribution in [2.45, 2.75) is 32.9 Å². The van der Waals surface area contributed by atoms with E-state index < -0.39 is 0 Å². The molecule has 8 heteroatoms. The third-order valence-electron chi connectivity index (χ3n) is 4.46. The van der Waals surface area contributed by atoms with Gasteiger partial charge in [-0.05, 0) is 45.6 Å². The van der Waals surface area contributed by atoms with Crippen molar-refractivity contribution in [3.63, 3.8) is 0 Å². The fourth-order valence-corrected chi connectivity index (χ4v) is 3.61. The van der Waals surface area contributed by atoms with Crippen LogP contribution in [-0.4, -0.2) is 52.6 Å². The van der Waals surface area contributed by atoms with E-state index in [0.717, 1.165) is 5.69 Å². The van der Waals surface area contributed by atoms with Crippen molar-refractivity contribution in [3.8, 4) is 0 Å². The lowest BCUT2D eigenvalue weighted by Crippen LogP contribution is -2.37. The number of nitrogens with one attached hydrogen (secondary N) is 1. The number of imide groups is 1. The molecule has 142 valence electrons. The predicted octanol–water partition coefficient (Wildman–Crippen LogP) is 2.85. The van der Waals surface area contributed by atoms with Gasteiger partial charge in [0.05, 0.1) is 16.8 Å². The molecule has 0 bridgehead atoms. The molecule has 7 nitrogen and oxygen atoms in total. The van der Waals surface area contributed by atoms with Gasteiger partial charge in [0, 0.05) is 23.5 Å². The summed E-state index contributed by atoms with van der Waals surface area (Å²) in [5, 5.41) is 5.15. The number of benzene rings is 1. The normalized spacial score (nSPS) is 14.6. The minimum atomic E-state index is -0.356. The monoisotopic (exact) mass is 386 g/mol. The molecule has 1 N–H and O–H groups in total. The van der Waals surface area contributed by atoms with E-state index >= 15 is 0 Å². The molecule has 0 fully saturated rings. The lowest BCUT2D eigenvalue weighted by molar-refractivity contribution is 0.0593. The number of hydrogen-bond donors (Lipinski definition) is 1. The number of aromatic nitrogens is 1. The molecular formula is C19H22N4O3S. The van der Waals surface area contributed by atoms with Crippen molar-refractivity contribution in [1.29, 1.82) is 0 Å². The zero-order valence-corrected chi connectivity index (χ0v) is 16.6. The SMILES string of the molecule is CCC(C)N1C(=O)c2ccc(C(=O)Nc3nc(CN(C)C)cs3)cc2C1=O. The van der Waals surface area contributed by atoms with Crippen LogP contribution < -0.4 is 5.32 Å². The highest BCUT2D eigenvalue weighted by Gasteiger charge is 2.38. The summed E-state index contributed by atoms with van der Waals surface area (Å²) in [6.07, 6.45) is 0.679. The van der Waals surface area contributed by atoms with Crippen molar-refractivity contribution < 1.29 is 14.4 Å². The molecule has 2 heterocycles. The van der Waals surface area contributed by atoms with Crippen molar-refractivity contribution in [2.24, 2.45) is 0 Å². The summed E-state index contributed by atoms with van der Waals surface area (Å²) in [6, 6.07) is 4.42. The van der Waals surface area contributed by atoms with Gasteiger partial charge < -0.3 is 4.90 Å². The molecule has 27 heavy (non-hydrogen) atoms. The van der Waals surface area contributed by atoms with Crippen LogP contribution in [0.5, 0.6) is 0 Å². The molecule has 0 radical (unpaired) electrons. The first-order chi connectivity index (χ1) is 12.8. The van der Waals surface area contributed by atoms with Crippen LogP contribution in [0.4, 0.5) is 5.13 Å². The maximum Gasteiger partial charge on any atom is 0.261 e. The van der Waals surface area contributed by atoms with Crippen molar-refractivity contribution in [1.82, 2.24) is 14.8 Å². The highest BCUT2D eigenvalue weighted by Crippen LogP contribution is 2.27. The third kappa shape index (κ3) is 3.77. The Balaban J connectivity index is 1.79. The van der Waals surface area contributed by atoms with Crippen LogP contribution >= 0.6 is 11.3 Å². The number of amides is 3. The number of rotatable bonds is 6. The predicted molar refractivity (Wildman–Crippen MR) is 104 cm³/mol. The standard InChI is InChI=1S/C19H22N4O3S/c1-5-11(2)23-17(25)14-7-6-12(8-15(14)18(23)26)16(24)21-19-20-13(10-27-19)9-22(3)4/h6-8,10-11H,5,9H2,1-4H3,(H,20,21,24). The Morgan fingerprint density at radius 3 is 2.63 bits per heavy atom. The largest absolute Gasteiger partial charge is 0.304 e. The Morgan fingerprint density at radius 1 is 1.26 bits per heavy atom. The Bertz CT molecular complexity index is 906. The first-order valence-corrected chi connectivity index (χ1v) is 9.62. The van der Waals surface area contributed by atoms with Crippen LogP contribution in [0.3, 0.4) is 0 Å². The number of thiazole rings is 1. The van der Waals surface area contributed by atoms with E-state index in [4.69, 9.17) is 0 Å². The number of carbonyl (C=O) groups excluding carboxylic acids is 3. The van der Waals surface area contributed by atoms with E-state index in [1.807, 2.05) is 38.2 Å². The van der Waals surface area contributed by atoms with Crippen molar-refractivity contribution >= 4 is 34.2 Å². The molecule has 1 aliphatic heterocycles. The quantitative estimate of drug-likeness (QED) is 0.772. The van der Waals surface area contributed by atoms with Gasteiger partial charge >= 0.3 is 0 Å². The number of nitrogens with zero attached hydrogens (tertiary/aromatic N) is 3. The lowest BCUT2D eigenvalue weighted by Gasteiger charge is -2.20. The third-order valence-corrected chi connectivity index (χ3v) is 5.27. The van der Waals surface area contributed by atoms with Gasteiger partial charge in [-0.3, -0.25) is 24.6 Å². The maximum atomic E-state index is 12.6. The minimum Gasteiger partial charge on any atom is -0.304 e. The number of carbonyl (C=O) groups is 3. The number of fused-ring (bicyclic) bond motifs is 1. The summed E-state index contributed by atoms with van der Waals surface area (Å²) >= 11 is 1.35. The summed E-state index contributed by atoms with van der Waals surface area (Å²) < 4.78 is 0. The molecule has 1 aromatic carbocycles. The minimum absolute atomic E-state index is 0.180. The van der Waals surface area contributed by atoms with E-state index in [9.17, 15) is 14.4 Å². The molecule has 1 unspecified atom stereocenters. The average Bonchev–Trinajstić information content (AvgIpc) is 3.16. The van der Waals surface area contributed by atoms with E-state index in [1.165, 1.54) is 22.3 Å². The van der Waals surface area contributed by atoms with Gasteiger partial charge in [-0.15, -0.1) is 11.3 Å². The molecule has 0 saturated heterocycles. The molecule has 0 spiro atoms. The molecule has 1 atom stereocenters. The highest BCUT2D eigenvalue weighted by molar-refractivity contribution is 7.14. The van der Waals surface area contributed by atoms with Crippen LogP contribution in [0.15, 0.2) is 23.6 Å². The van der Waals surface area contributed by atoms with Gasteiger partial charge in [-0.1, -0.05) is 6.92 Å². The number of hydrogen-bond acceptors (Lipinski definition) is 6. The summed E-state index contributed by atoms with van der Waals surface area (Å²) in [4.78, 5) is 45.2. The summed E-state index contributed by atoms with van der Waals surface area (Å²) in [6.45, 7) is 4.45. The number of anilines is 1. The van der Waals surface area contributed by atoms with Gasteiger partial charge in [0.15, 0.2) is 5.13 Å². The molecule has 3 amide bonds. The van der Waals surface area contributed by atoms with Crippen LogP contribution in [0.2, 0.25) is 0 Å².